The number of hydrogen-bond donors (Lipinski definition) is 0. The summed E-state index contributed by atoms with van der Waals surface area (Å²) in [7, 11) is 3.05. The Morgan fingerprint density at radius 1 is 1.17 bits per heavy atom. The summed E-state index contributed by atoms with van der Waals surface area (Å²) in [4.78, 5) is 24.2. The molecule has 158 valence electrons. The first kappa shape index (κ1) is 20.3. The molecule has 0 N–H and O–H groups in total. The van der Waals surface area contributed by atoms with Gasteiger partial charge in [-0.05, 0) is 42.5 Å². The van der Waals surface area contributed by atoms with E-state index in [0.29, 0.717) is 12.2 Å². The third-order valence-electron chi connectivity index (χ3n) is 5.25. The van der Waals surface area contributed by atoms with E-state index in [4.69, 9.17) is 14.3 Å². The van der Waals surface area contributed by atoms with Gasteiger partial charge in [-0.1, -0.05) is 0 Å². The minimum Gasteiger partial charge on any atom is -0.492 e. The predicted molar refractivity (Wildman–Crippen MR) is 113 cm³/mol. The maximum Gasteiger partial charge on any atom is 0.277 e. The molecule has 4 rings (SSSR count). The standard InChI is InChI=1S/C22H26N4O4/c1-24(28-2)22(27)17-3-8-20-21(15-17)26(16-23-20)18-4-6-19(7-5-18)30-14-11-25-9-12-29-13-10-25/h3-8,15-16H,9-14H2,1-2H3. The number of imidazole rings is 1. The number of amides is 1. The number of benzene rings is 2. The summed E-state index contributed by atoms with van der Waals surface area (Å²) in [6.45, 7) is 5.04. The molecule has 8 heteroatoms. The molecule has 0 spiro atoms. The zero-order valence-corrected chi connectivity index (χ0v) is 17.3. The molecule has 0 radical (unpaired) electrons. The van der Waals surface area contributed by atoms with Crippen molar-refractivity contribution in [3.8, 4) is 11.4 Å². The highest BCUT2D eigenvalue weighted by molar-refractivity contribution is 5.97. The summed E-state index contributed by atoms with van der Waals surface area (Å²) in [5, 5.41) is 1.20. The third-order valence-corrected chi connectivity index (χ3v) is 5.25. The number of rotatable bonds is 7. The van der Waals surface area contributed by atoms with Crippen LogP contribution in [-0.2, 0) is 9.57 Å². The van der Waals surface area contributed by atoms with Crippen LogP contribution < -0.4 is 4.74 Å². The van der Waals surface area contributed by atoms with Gasteiger partial charge in [-0.2, -0.15) is 0 Å². The van der Waals surface area contributed by atoms with E-state index in [1.54, 1.807) is 19.4 Å². The molecular formula is C22H26N4O4. The van der Waals surface area contributed by atoms with Gasteiger partial charge in [0.15, 0.2) is 0 Å². The summed E-state index contributed by atoms with van der Waals surface area (Å²) in [6.07, 6.45) is 1.76. The van der Waals surface area contributed by atoms with E-state index in [0.717, 1.165) is 55.3 Å². The van der Waals surface area contributed by atoms with Crippen LogP contribution in [0, 0.1) is 0 Å². The summed E-state index contributed by atoms with van der Waals surface area (Å²) in [6, 6.07) is 13.3. The second-order valence-corrected chi connectivity index (χ2v) is 7.10. The van der Waals surface area contributed by atoms with Crippen molar-refractivity contribution in [2.45, 2.75) is 0 Å². The summed E-state index contributed by atoms with van der Waals surface area (Å²) in [5.74, 6) is 0.616. The average molecular weight is 410 g/mol. The van der Waals surface area contributed by atoms with Crippen LogP contribution in [0.3, 0.4) is 0 Å². The lowest BCUT2D eigenvalue weighted by molar-refractivity contribution is -0.0756. The topological polar surface area (TPSA) is 69.1 Å². The molecule has 1 fully saturated rings. The van der Waals surface area contributed by atoms with Crippen LogP contribution >= 0.6 is 0 Å². The summed E-state index contributed by atoms with van der Waals surface area (Å²) in [5.41, 5.74) is 3.16. The highest BCUT2D eigenvalue weighted by Crippen LogP contribution is 2.22. The summed E-state index contributed by atoms with van der Waals surface area (Å²) >= 11 is 0. The Kier molecular flexibility index (Phi) is 6.27. The van der Waals surface area contributed by atoms with E-state index >= 15 is 0 Å². The highest BCUT2D eigenvalue weighted by atomic mass is 16.7. The molecule has 3 aromatic rings. The lowest BCUT2D eigenvalue weighted by Gasteiger charge is -2.26. The van der Waals surface area contributed by atoms with E-state index in [1.807, 2.05) is 41.0 Å². The zero-order chi connectivity index (χ0) is 20.9. The van der Waals surface area contributed by atoms with Gasteiger partial charge in [0.25, 0.3) is 5.91 Å². The minimum absolute atomic E-state index is 0.212. The van der Waals surface area contributed by atoms with Gasteiger partial charge in [-0.3, -0.25) is 19.1 Å². The second-order valence-electron chi connectivity index (χ2n) is 7.10. The molecule has 0 bridgehead atoms. The van der Waals surface area contributed by atoms with Crippen LogP contribution in [-0.4, -0.2) is 79.0 Å². The van der Waals surface area contributed by atoms with Crippen molar-refractivity contribution in [3.63, 3.8) is 0 Å². The molecule has 1 saturated heterocycles. The number of hydrogen-bond acceptors (Lipinski definition) is 6. The van der Waals surface area contributed by atoms with E-state index < -0.39 is 0 Å². The van der Waals surface area contributed by atoms with Crippen LogP contribution in [0.15, 0.2) is 48.8 Å². The van der Waals surface area contributed by atoms with E-state index in [-0.39, 0.29) is 5.91 Å². The summed E-state index contributed by atoms with van der Waals surface area (Å²) < 4.78 is 13.2. The number of morpholine rings is 1. The van der Waals surface area contributed by atoms with Crippen molar-refractivity contribution in [2.75, 3.05) is 53.6 Å². The van der Waals surface area contributed by atoms with Crippen LogP contribution in [0.1, 0.15) is 10.4 Å². The van der Waals surface area contributed by atoms with E-state index in [9.17, 15) is 4.79 Å². The Morgan fingerprint density at radius 3 is 2.67 bits per heavy atom. The maximum atomic E-state index is 12.4. The van der Waals surface area contributed by atoms with Gasteiger partial charge in [-0.15, -0.1) is 0 Å². The van der Waals surface area contributed by atoms with Gasteiger partial charge in [0.05, 0.1) is 31.4 Å². The van der Waals surface area contributed by atoms with Gasteiger partial charge in [0.2, 0.25) is 0 Å². The number of carbonyl (C=O) groups excluding carboxylic acids is 1. The zero-order valence-electron chi connectivity index (χ0n) is 17.3. The molecule has 8 nitrogen and oxygen atoms in total. The maximum absolute atomic E-state index is 12.4. The highest BCUT2D eigenvalue weighted by Gasteiger charge is 2.14. The third kappa shape index (κ3) is 4.46. The van der Waals surface area contributed by atoms with Gasteiger partial charge >= 0.3 is 0 Å². The Hall–Kier alpha value is -2.94. The molecule has 1 aliphatic heterocycles. The predicted octanol–water partition coefficient (Wildman–Crippen LogP) is 2.37. The van der Waals surface area contributed by atoms with Gasteiger partial charge in [-0.25, -0.2) is 10.0 Å². The fourth-order valence-corrected chi connectivity index (χ4v) is 3.43. The lowest BCUT2D eigenvalue weighted by atomic mass is 10.2. The quantitative estimate of drug-likeness (QED) is 0.557. The Balaban J connectivity index is 1.46. The van der Waals surface area contributed by atoms with Crippen molar-refractivity contribution >= 4 is 16.9 Å². The number of aromatic nitrogens is 2. The van der Waals surface area contributed by atoms with Crippen molar-refractivity contribution in [1.82, 2.24) is 19.5 Å². The van der Waals surface area contributed by atoms with Crippen LogP contribution in [0.5, 0.6) is 5.75 Å². The first-order chi connectivity index (χ1) is 14.7. The molecule has 2 aromatic carbocycles. The van der Waals surface area contributed by atoms with Crippen LogP contribution in [0.25, 0.3) is 16.7 Å². The lowest BCUT2D eigenvalue weighted by Crippen LogP contribution is -2.38. The molecule has 0 unspecified atom stereocenters. The molecule has 1 aliphatic rings. The van der Waals surface area contributed by atoms with Crippen LogP contribution in [0.2, 0.25) is 0 Å². The monoisotopic (exact) mass is 410 g/mol. The molecule has 1 amide bonds. The van der Waals surface area contributed by atoms with E-state index in [2.05, 4.69) is 9.88 Å². The number of carbonyl (C=O) groups is 1. The minimum atomic E-state index is -0.212. The molecular weight excluding hydrogens is 384 g/mol. The smallest absolute Gasteiger partial charge is 0.277 e. The van der Waals surface area contributed by atoms with Crippen LogP contribution in [0.4, 0.5) is 0 Å². The van der Waals surface area contributed by atoms with Crippen molar-refractivity contribution in [1.29, 1.82) is 0 Å². The number of nitrogens with zero attached hydrogens (tertiary/aromatic N) is 4. The molecule has 1 aromatic heterocycles. The normalized spacial score (nSPS) is 14.7. The average Bonchev–Trinajstić information content (AvgIpc) is 3.22. The molecule has 0 aliphatic carbocycles. The molecule has 30 heavy (non-hydrogen) atoms. The molecule has 0 saturated carbocycles. The Bertz CT molecular complexity index is 996. The fourth-order valence-electron chi connectivity index (χ4n) is 3.43. The largest absolute Gasteiger partial charge is 0.492 e. The molecule has 0 atom stereocenters. The Labute approximate surface area is 175 Å². The number of hydroxylamine groups is 2. The first-order valence-corrected chi connectivity index (χ1v) is 9.98. The van der Waals surface area contributed by atoms with Crippen molar-refractivity contribution < 1.29 is 19.1 Å². The van der Waals surface area contributed by atoms with E-state index in [1.165, 1.54) is 12.2 Å². The number of fused-ring (bicyclic) bond motifs is 1. The van der Waals surface area contributed by atoms with Gasteiger partial charge in [0.1, 0.15) is 18.7 Å². The van der Waals surface area contributed by atoms with Crippen molar-refractivity contribution in [3.05, 3.63) is 54.4 Å². The Morgan fingerprint density at radius 2 is 1.93 bits per heavy atom. The van der Waals surface area contributed by atoms with Gasteiger partial charge < -0.3 is 9.47 Å². The fraction of sp³-hybridized carbons (Fsp3) is 0.364. The molecule has 2 heterocycles. The second kappa shape index (κ2) is 9.25. The van der Waals surface area contributed by atoms with Crippen molar-refractivity contribution in [2.24, 2.45) is 0 Å². The SMILES string of the molecule is CON(C)C(=O)c1ccc2ncn(-c3ccc(OCCN4CCOCC4)cc3)c2c1. The van der Waals surface area contributed by atoms with Gasteiger partial charge in [0, 0.05) is 37.9 Å². The number of ether oxygens (including phenoxy) is 2. The first-order valence-electron chi connectivity index (χ1n) is 9.98.